The summed E-state index contributed by atoms with van der Waals surface area (Å²) < 4.78 is 27.3. The van der Waals surface area contributed by atoms with Crippen LogP contribution in [0.5, 0.6) is 0 Å². The minimum absolute atomic E-state index is 0.0621. The van der Waals surface area contributed by atoms with E-state index in [2.05, 4.69) is 10.2 Å². The molecule has 5 N–H and O–H groups in total. The monoisotopic (exact) mass is 398 g/mol. The van der Waals surface area contributed by atoms with E-state index in [0.29, 0.717) is 5.57 Å². The number of aromatic nitrogens is 2. The Morgan fingerprint density at radius 2 is 2.08 bits per heavy atom. The molecule has 0 bridgehead atoms. The number of H-pyrrole nitrogens is 1. The van der Waals surface area contributed by atoms with Gasteiger partial charge in [-0.25, -0.2) is 8.78 Å². The molecule has 9 heteroatoms. The number of aromatic amines is 1. The first-order valence-electron chi connectivity index (χ1n) is 7.50. The number of carbonyl (C=O) groups excluding carboxylic acids is 1. The number of hydrogen-bond donors (Lipinski definition) is 3. The van der Waals surface area contributed by atoms with Crippen molar-refractivity contribution in [3.63, 3.8) is 0 Å². The number of halogens is 4. The molecular weight excluding hydrogens is 385 g/mol. The van der Waals surface area contributed by atoms with Gasteiger partial charge in [-0.15, -0.1) is 11.6 Å². The van der Waals surface area contributed by atoms with Gasteiger partial charge in [-0.2, -0.15) is 5.10 Å². The van der Waals surface area contributed by atoms with Crippen LogP contribution < -0.4 is 11.5 Å². The number of allylic oxidation sites excluding steroid dienone is 2. The number of benzene rings is 1. The Labute approximate surface area is 157 Å². The average Bonchev–Trinajstić information content (AvgIpc) is 3.10. The molecule has 5 nitrogen and oxygen atoms in total. The summed E-state index contributed by atoms with van der Waals surface area (Å²) >= 11 is 12.2. The highest BCUT2D eigenvalue weighted by Crippen LogP contribution is 2.38. The molecule has 2 atom stereocenters. The van der Waals surface area contributed by atoms with E-state index in [1.54, 1.807) is 0 Å². The van der Waals surface area contributed by atoms with Crippen molar-refractivity contribution in [1.29, 1.82) is 0 Å². The molecule has 2 aromatic rings. The molecule has 1 aromatic heterocycles. The first-order chi connectivity index (χ1) is 12.2. The number of hydrogen-bond acceptors (Lipinski definition) is 4. The summed E-state index contributed by atoms with van der Waals surface area (Å²) in [6.45, 7) is 0. The zero-order valence-electron chi connectivity index (χ0n) is 13.2. The second kappa shape index (κ2) is 6.83. The van der Waals surface area contributed by atoms with Gasteiger partial charge in [0.2, 0.25) is 5.78 Å². The first kappa shape index (κ1) is 18.6. The summed E-state index contributed by atoms with van der Waals surface area (Å²) in [5, 5.41) is 5.37. The molecule has 1 aliphatic carbocycles. The minimum Gasteiger partial charge on any atom is -0.398 e. The molecule has 0 aliphatic heterocycles. The Morgan fingerprint density at radius 1 is 1.35 bits per heavy atom. The van der Waals surface area contributed by atoms with Crippen molar-refractivity contribution in [2.75, 3.05) is 5.73 Å². The van der Waals surface area contributed by atoms with Gasteiger partial charge in [0.1, 0.15) is 10.7 Å². The van der Waals surface area contributed by atoms with Crippen molar-refractivity contribution in [2.24, 2.45) is 5.73 Å². The molecule has 1 heterocycles. The molecular formula is C17H14Cl2F2N4O. The van der Waals surface area contributed by atoms with E-state index in [-0.39, 0.29) is 22.5 Å². The summed E-state index contributed by atoms with van der Waals surface area (Å²) in [7, 11) is 0. The normalized spacial score (nSPS) is 22.5. The summed E-state index contributed by atoms with van der Waals surface area (Å²) in [4.78, 5) is 11.6. The molecule has 136 valence electrons. The number of nitrogens with two attached hydrogens (primary N) is 2. The second-order valence-corrected chi connectivity index (χ2v) is 6.90. The number of alkyl halides is 4. The van der Waals surface area contributed by atoms with Crippen molar-refractivity contribution < 1.29 is 13.6 Å². The Hall–Kier alpha value is -2.22. The topological polar surface area (TPSA) is 97.8 Å². The molecule has 26 heavy (non-hydrogen) atoms. The molecule has 0 amide bonds. The van der Waals surface area contributed by atoms with Crippen LogP contribution in [0, 0.1) is 0 Å². The van der Waals surface area contributed by atoms with Gasteiger partial charge in [-0.05, 0) is 29.3 Å². The van der Waals surface area contributed by atoms with Gasteiger partial charge in [0.05, 0.1) is 10.9 Å². The van der Waals surface area contributed by atoms with Gasteiger partial charge in [-0.1, -0.05) is 29.8 Å². The van der Waals surface area contributed by atoms with Crippen LogP contribution in [-0.4, -0.2) is 26.4 Å². The largest absolute Gasteiger partial charge is 0.398 e. The average molecular weight is 399 g/mol. The van der Waals surface area contributed by atoms with Crippen LogP contribution in [0.25, 0.3) is 5.57 Å². The maximum absolute atomic E-state index is 13.7. The van der Waals surface area contributed by atoms with E-state index in [1.165, 1.54) is 42.6 Å². The van der Waals surface area contributed by atoms with Crippen LogP contribution in [0.2, 0.25) is 0 Å². The highest BCUT2D eigenvalue weighted by atomic mass is 35.5. The van der Waals surface area contributed by atoms with Gasteiger partial charge < -0.3 is 11.5 Å². The molecule has 2 unspecified atom stereocenters. The van der Waals surface area contributed by atoms with Crippen LogP contribution in [0.1, 0.15) is 33.6 Å². The van der Waals surface area contributed by atoms with Gasteiger partial charge >= 0.3 is 0 Å². The highest BCUT2D eigenvalue weighted by molar-refractivity contribution is 6.34. The van der Waals surface area contributed by atoms with E-state index >= 15 is 0 Å². The lowest BCUT2D eigenvalue weighted by molar-refractivity contribution is 0.102. The number of nitrogens with zero attached hydrogens (tertiary/aromatic N) is 1. The summed E-state index contributed by atoms with van der Waals surface area (Å²) in [5.41, 5.74) is 11.4. The number of nitrogen functional groups attached to an aromatic ring is 1. The lowest BCUT2D eigenvalue weighted by Gasteiger charge is -2.27. The highest BCUT2D eigenvalue weighted by Gasteiger charge is 2.32. The fraction of sp³-hybridized carbons (Fsp3) is 0.176. The Kier molecular flexibility index (Phi) is 4.88. The minimum atomic E-state index is -2.95. The van der Waals surface area contributed by atoms with E-state index in [9.17, 15) is 13.6 Å². The SMILES string of the molecule is Nc1ccc(C2=CC(Cl)C(N)(Cl)C=C2)c(C(=O)c2ccn[nH]2)c1C(F)F. The zero-order valence-corrected chi connectivity index (χ0v) is 14.7. The molecule has 0 fully saturated rings. The fourth-order valence-corrected chi connectivity index (χ4v) is 3.04. The number of anilines is 1. The van der Waals surface area contributed by atoms with Crippen LogP contribution in [-0.2, 0) is 0 Å². The third-order valence-corrected chi connectivity index (χ3v) is 5.01. The van der Waals surface area contributed by atoms with Crippen molar-refractivity contribution in [1.82, 2.24) is 10.2 Å². The van der Waals surface area contributed by atoms with Crippen LogP contribution >= 0.6 is 23.2 Å². The molecule has 0 saturated heterocycles. The third-order valence-electron chi connectivity index (χ3n) is 4.05. The summed E-state index contributed by atoms with van der Waals surface area (Å²) in [6, 6.07) is 4.20. The van der Waals surface area contributed by atoms with Gasteiger partial charge in [0, 0.05) is 17.4 Å². The molecule has 3 rings (SSSR count). The van der Waals surface area contributed by atoms with Crippen LogP contribution in [0.15, 0.2) is 42.6 Å². The van der Waals surface area contributed by atoms with E-state index in [0.717, 1.165) is 0 Å². The van der Waals surface area contributed by atoms with Gasteiger partial charge in [0.15, 0.2) is 0 Å². The molecule has 1 aromatic carbocycles. The van der Waals surface area contributed by atoms with E-state index in [4.69, 9.17) is 34.7 Å². The van der Waals surface area contributed by atoms with E-state index < -0.39 is 28.1 Å². The fourth-order valence-electron chi connectivity index (χ4n) is 2.70. The van der Waals surface area contributed by atoms with Crippen molar-refractivity contribution >= 4 is 40.2 Å². The summed E-state index contributed by atoms with van der Waals surface area (Å²) in [5.74, 6) is -0.656. The maximum atomic E-state index is 13.7. The maximum Gasteiger partial charge on any atom is 0.266 e. The predicted octanol–water partition coefficient (Wildman–Crippen LogP) is 3.61. The smallest absolute Gasteiger partial charge is 0.266 e. The Balaban J connectivity index is 2.22. The molecule has 0 saturated carbocycles. The van der Waals surface area contributed by atoms with Crippen molar-refractivity contribution in [3.8, 4) is 0 Å². The van der Waals surface area contributed by atoms with Crippen molar-refractivity contribution in [2.45, 2.75) is 16.8 Å². The van der Waals surface area contributed by atoms with Crippen molar-refractivity contribution in [3.05, 3.63) is 65.0 Å². The molecule has 0 spiro atoms. The number of ketones is 1. The first-order valence-corrected chi connectivity index (χ1v) is 8.31. The number of nitrogens with one attached hydrogen (secondary N) is 1. The predicted molar refractivity (Wildman–Crippen MR) is 97.4 cm³/mol. The Bertz CT molecular complexity index is 908. The third kappa shape index (κ3) is 3.25. The molecule has 1 aliphatic rings. The lowest BCUT2D eigenvalue weighted by atomic mass is 9.87. The second-order valence-electron chi connectivity index (χ2n) is 5.78. The Morgan fingerprint density at radius 3 is 2.65 bits per heavy atom. The standard InChI is InChI=1S/C17H14Cl2F2N4O/c18-12-7-8(3-5-17(12,19)23)9-1-2-10(22)14(16(20)21)13(9)15(26)11-4-6-24-25-11/h1-7,12,16H,22-23H2,(H,24,25). The lowest BCUT2D eigenvalue weighted by Crippen LogP contribution is -2.41. The van der Waals surface area contributed by atoms with Gasteiger partial charge in [-0.3, -0.25) is 9.89 Å². The quantitative estimate of drug-likeness (QED) is 0.317. The zero-order chi connectivity index (χ0) is 19.1. The summed E-state index contributed by atoms with van der Waals surface area (Å²) in [6.07, 6.45) is 2.91. The number of rotatable bonds is 4. The van der Waals surface area contributed by atoms with Crippen LogP contribution in [0.3, 0.4) is 0 Å². The van der Waals surface area contributed by atoms with Gasteiger partial charge in [0.25, 0.3) is 6.43 Å². The van der Waals surface area contributed by atoms with E-state index in [1.807, 2.05) is 0 Å². The number of carbonyl (C=O) groups is 1. The van der Waals surface area contributed by atoms with Crippen LogP contribution in [0.4, 0.5) is 14.5 Å². The molecule has 0 radical (unpaired) electrons.